The summed E-state index contributed by atoms with van der Waals surface area (Å²) in [5.41, 5.74) is -0.350. The second kappa shape index (κ2) is 9.68. The van der Waals surface area contributed by atoms with Crippen molar-refractivity contribution < 1.29 is 26.4 Å². The number of unbranched alkanes of at least 4 members (excludes halogenated alkanes) is 2. The molecule has 0 atom stereocenters. The van der Waals surface area contributed by atoms with Gasteiger partial charge in [0.15, 0.2) is 5.13 Å². The van der Waals surface area contributed by atoms with Crippen LogP contribution in [-0.4, -0.2) is 36.7 Å². The van der Waals surface area contributed by atoms with E-state index < -0.39 is 39.1 Å². The number of hydrogen-bond acceptors (Lipinski definition) is 5. The first-order chi connectivity index (χ1) is 13.5. The van der Waals surface area contributed by atoms with Gasteiger partial charge in [0.2, 0.25) is 15.9 Å². The van der Waals surface area contributed by atoms with E-state index in [0.717, 1.165) is 35.3 Å². The molecule has 0 radical (unpaired) electrons. The van der Waals surface area contributed by atoms with Gasteiger partial charge < -0.3 is 5.32 Å². The Morgan fingerprint density at radius 2 is 2.00 bits per heavy atom. The van der Waals surface area contributed by atoms with Gasteiger partial charge in [0, 0.05) is 11.9 Å². The van der Waals surface area contributed by atoms with Gasteiger partial charge >= 0.3 is 6.18 Å². The van der Waals surface area contributed by atoms with E-state index in [2.05, 4.69) is 10.3 Å². The molecule has 2 aromatic rings. The van der Waals surface area contributed by atoms with E-state index in [1.807, 2.05) is 6.92 Å². The number of aryl methyl sites for hydroxylation is 1. The summed E-state index contributed by atoms with van der Waals surface area (Å²) in [5.74, 6) is -0.605. The molecule has 1 aromatic heterocycles. The second-order valence-electron chi connectivity index (χ2n) is 6.41. The summed E-state index contributed by atoms with van der Waals surface area (Å²) in [5, 5.41) is 4.59. The number of sulfonamides is 1. The predicted molar refractivity (Wildman–Crippen MR) is 105 cm³/mol. The smallest absolute Gasteiger partial charge is 0.301 e. The Hall–Kier alpha value is -1.98. The van der Waals surface area contributed by atoms with E-state index in [0.29, 0.717) is 23.3 Å². The zero-order valence-corrected chi connectivity index (χ0v) is 17.6. The topological polar surface area (TPSA) is 79.4 Å². The SMILES string of the molecule is CCCCCN(CC(=O)Nc1nc(C)cs1)S(=O)(=O)c1cccc(C(F)(F)F)c1. The van der Waals surface area contributed by atoms with Crippen molar-refractivity contribution in [2.24, 2.45) is 0 Å². The minimum atomic E-state index is -4.67. The van der Waals surface area contributed by atoms with Crippen LogP contribution in [0, 0.1) is 6.92 Å². The number of rotatable bonds is 9. The third-order valence-corrected chi connectivity index (χ3v) is 6.71. The molecule has 160 valence electrons. The summed E-state index contributed by atoms with van der Waals surface area (Å²) >= 11 is 1.20. The summed E-state index contributed by atoms with van der Waals surface area (Å²) in [7, 11) is -4.29. The fourth-order valence-electron chi connectivity index (χ4n) is 2.53. The van der Waals surface area contributed by atoms with E-state index >= 15 is 0 Å². The molecular weight excluding hydrogens is 427 g/mol. The monoisotopic (exact) mass is 449 g/mol. The molecule has 29 heavy (non-hydrogen) atoms. The molecule has 0 aliphatic rings. The zero-order valence-electron chi connectivity index (χ0n) is 16.0. The third kappa shape index (κ3) is 6.51. The van der Waals surface area contributed by atoms with E-state index in [1.165, 1.54) is 11.3 Å². The van der Waals surface area contributed by atoms with Crippen LogP contribution in [0.5, 0.6) is 0 Å². The lowest BCUT2D eigenvalue weighted by Gasteiger charge is -2.22. The van der Waals surface area contributed by atoms with Crippen molar-refractivity contribution in [2.45, 2.75) is 44.2 Å². The van der Waals surface area contributed by atoms with Crippen LogP contribution in [0.4, 0.5) is 18.3 Å². The van der Waals surface area contributed by atoms with E-state index in [1.54, 1.807) is 12.3 Å². The Morgan fingerprint density at radius 1 is 1.28 bits per heavy atom. The average Bonchev–Trinajstić information content (AvgIpc) is 3.05. The number of amides is 1. The second-order valence-corrected chi connectivity index (χ2v) is 9.21. The molecule has 2 rings (SSSR count). The highest BCUT2D eigenvalue weighted by Crippen LogP contribution is 2.31. The van der Waals surface area contributed by atoms with Gasteiger partial charge in [-0.2, -0.15) is 17.5 Å². The molecule has 0 saturated heterocycles. The molecule has 0 bridgehead atoms. The average molecular weight is 450 g/mol. The number of hydrogen-bond donors (Lipinski definition) is 1. The largest absolute Gasteiger partial charge is 0.416 e. The maximum Gasteiger partial charge on any atom is 0.416 e. The van der Waals surface area contributed by atoms with E-state index in [4.69, 9.17) is 0 Å². The van der Waals surface area contributed by atoms with E-state index in [9.17, 15) is 26.4 Å². The molecule has 0 aliphatic carbocycles. The molecular formula is C18H22F3N3O3S2. The van der Waals surface area contributed by atoms with Crippen molar-refractivity contribution >= 4 is 32.4 Å². The highest BCUT2D eigenvalue weighted by molar-refractivity contribution is 7.89. The normalized spacial score (nSPS) is 12.3. The number of alkyl halides is 3. The van der Waals surface area contributed by atoms with Crippen LogP contribution in [0.1, 0.15) is 37.4 Å². The summed E-state index contributed by atoms with van der Waals surface area (Å²) in [6.07, 6.45) is -2.64. The number of aromatic nitrogens is 1. The maximum atomic E-state index is 13.0. The van der Waals surface area contributed by atoms with Gasteiger partial charge in [-0.1, -0.05) is 25.8 Å². The summed E-state index contributed by atoms with van der Waals surface area (Å²) in [6, 6.07) is 3.53. The lowest BCUT2D eigenvalue weighted by Crippen LogP contribution is -2.38. The van der Waals surface area contributed by atoms with Crippen molar-refractivity contribution in [3.05, 3.63) is 40.9 Å². The quantitative estimate of drug-likeness (QED) is 0.579. The Morgan fingerprint density at radius 3 is 2.59 bits per heavy atom. The van der Waals surface area contributed by atoms with Gasteiger partial charge in [-0.25, -0.2) is 13.4 Å². The summed E-state index contributed by atoms with van der Waals surface area (Å²) in [4.78, 5) is 15.9. The van der Waals surface area contributed by atoms with Gasteiger partial charge in [0.1, 0.15) is 0 Å². The van der Waals surface area contributed by atoms with Crippen LogP contribution in [-0.2, 0) is 21.0 Å². The van der Waals surface area contributed by atoms with Gasteiger partial charge in [0.05, 0.1) is 22.7 Å². The van der Waals surface area contributed by atoms with Crippen LogP contribution < -0.4 is 5.32 Å². The lowest BCUT2D eigenvalue weighted by molar-refractivity contribution is -0.137. The molecule has 0 spiro atoms. The first-order valence-corrected chi connectivity index (χ1v) is 11.3. The predicted octanol–water partition coefficient (Wildman–Crippen LogP) is 4.29. The molecule has 1 heterocycles. The minimum Gasteiger partial charge on any atom is -0.301 e. The molecule has 1 N–H and O–H groups in total. The highest BCUT2D eigenvalue weighted by Gasteiger charge is 2.33. The maximum absolute atomic E-state index is 13.0. The molecule has 0 unspecified atom stereocenters. The van der Waals surface area contributed by atoms with Gasteiger partial charge in [-0.15, -0.1) is 11.3 Å². The van der Waals surface area contributed by atoms with Crippen LogP contribution >= 0.6 is 11.3 Å². The van der Waals surface area contributed by atoms with Gasteiger partial charge in [0.25, 0.3) is 0 Å². The van der Waals surface area contributed by atoms with Crippen molar-refractivity contribution in [3.63, 3.8) is 0 Å². The number of nitrogens with one attached hydrogen (secondary N) is 1. The highest BCUT2D eigenvalue weighted by atomic mass is 32.2. The minimum absolute atomic E-state index is 0.0245. The first-order valence-electron chi connectivity index (χ1n) is 8.93. The molecule has 6 nitrogen and oxygen atoms in total. The van der Waals surface area contributed by atoms with Crippen LogP contribution in [0.15, 0.2) is 34.5 Å². The van der Waals surface area contributed by atoms with Crippen molar-refractivity contribution in [3.8, 4) is 0 Å². The van der Waals surface area contributed by atoms with Gasteiger partial charge in [-0.05, 0) is 31.5 Å². The van der Waals surface area contributed by atoms with Crippen LogP contribution in [0.25, 0.3) is 0 Å². The molecule has 0 saturated carbocycles. The fourth-order valence-corrected chi connectivity index (χ4v) is 4.72. The summed E-state index contributed by atoms with van der Waals surface area (Å²) < 4.78 is 65.8. The number of carbonyl (C=O) groups is 1. The number of anilines is 1. The number of nitrogens with zero attached hydrogens (tertiary/aromatic N) is 2. The standard InChI is InChI=1S/C18H22F3N3O3S2/c1-3-4-5-9-24(11-16(25)23-17-22-13(2)12-28-17)29(26,27)15-8-6-7-14(10-15)18(19,20)21/h6-8,10,12H,3-5,9,11H2,1-2H3,(H,22,23,25). The molecule has 11 heteroatoms. The number of benzene rings is 1. The van der Waals surface area contributed by atoms with Crippen LogP contribution in [0.2, 0.25) is 0 Å². The molecule has 1 aromatic carbocycles. The van der Waals surface area contributed by atoms with Gasteiger partial charge in [-0.3, -0.25) is 4.79 Å². The summed E-state index contributed by atoms with van der Waals surface area (Å²) in [6.45, 7) is 3.20. The zero-order chi connectivity index (χ0) is 21.7. The molecule has 0 fully saturated rings. The lowest BCUT2D eigenvalue weighted by atomic mass is 10.2. The Kier molecular flexibility index (Phi) is 7.78. The van der Waals surface area contributed by atoms with Crippen molar-refractivity contribution in [2.75, 3.05) is 18.4 Å². The van der Waals surface area contributed by atoms with E-state index in [-0.39, 0.29) is 6.54 Å². The molecule has 1 amide bonds. The van der Waals surface area contributed by atoms with Crippen LogP contribution in [0.3, 0.4) is 0 Å². The Balaban J connectivity index is 2.26. The fraction of sp³-hybridized carbons (Fsp3) is 0.444. The number of halogens is 3. The Bertz CT molecular complexity index is 943. The Labute approximate surface area is 171 Å². The first kappa shape index (κ1) is 23.3. The number of thiazole rings is 1. The van der Waals surface area contributed by atoms with Crippen molar-refractivity contribution in [1.29, 1.82) is 0 Å². The number of carbonyl (C=O) groups excluding carboxylic acids is 1. The van der Waals surface area contributed by atoms with Crippen molar-refractivity contribution in [1.82, 2.24) is 9.29 Å². The molecule has 0 aliphatic heterocycles. The third-order valence-electron chi connectivity index (χ3n) is 4.00.